The van der Waals surface area contributed by atoms with E-state index in [1.165, 1.54) is 12.8 Å². The molecular formula is C17H26N2O2. The average Bonchev–Trinajstić information content (AvgIpc) is 3.32. The number of hydrogen-bond acceptors (Lipinski definition) is 4. The van der Waals surface area contributed by atoms with Gasteiger partial charge in [-0.15, -0.1) is 0 Å². The average molecular weight is 290 g/mol. The zero-order chi connectivity index (χ0) is 15.3. The summed E-state index contributed by atoms with van der Waals surface area (Å²) in [6.07, 6.45) is 2.44. The van der Waals surface area contributed by atoms with E-state index in [9.17, 15) is 4.79 Å². The van der Waals surface area contributed by atoms with Crippen LogP contribution < -0.4 is 5.32 Å². The standard InChI is InChI=1S/C17H26N2O2/c1-4-18-17(16(20)21-5-2,13-19(3)15-11-12-15)14-9-7-6-8-10-14/h6-10,15,18H,4-5,11-13H2,1-3H3. The smallest absolute Gasteiger partial charge is 0.332 e. The van der Waals surface area contributed by atoms with E-state index in [2.05, 4.69) is 17.3 Å². The fraction of sp³-hybridized carbons (Fsp3) is 0.588. The Bertz CT molecular complexity index is 459. The number of benzene rings is 1. The third kappa shape index (κ3) is 3.63. The van der Waals surface area contributed by atoms with Gasteiger partial charge < -0.3 is 9.64 Å². The van der Waals surface area contributed by atoms with Crippen molar-refractivity contribution in [3.8, 4) is 0 Å². The SMILES string of the molecule is CCNC(CN(C)C1CC1)(C(=O)OCC)c1ccccc1. The van der Waals surface area contributed by atoms with E-state index in [0.717, 1.165) is 5.56 Å². The number of rotatable bonds is 8. The fourth-order valence-electron chi connectivity index (χ4n) is 2.80. The van der Waals surface area contributed by atoms with Crippen LogP contribution in [0.15, 0.2) is 30.3 Å². The second-order valence-corrected chi connectivity index (χ2v) is 5.67. The summed E-state index contributed by atoms with van der Waals surface area (Å²) in [5, 5.41) is 3.39. The van der Waals surface area contributed by atoms with Gasteiger partial charge in [-0.25, -0.2) is 4.79 Å². The first-order valence-corrected chi connectivity index (χ1v) is 7.82. The summed E-state index contributed by atoms with van der Waals surface area (Å²) < 4.78 is 5.39. The number of ether oxygens (including phenoxy) is 1. The molecule has 1 aliphatic carbocycles. The van der Waals surface area contributed by atoms with Gasteiger partial charge in [0.1, 0.15) is 0 Å². The lowest BCUT2D eigenvalue weighted by molar-refractivity contribution is -0.152. The van der Waals surface area contributed by atoms with Crippen molar-refractivity contribution in [2.45, 2.75) is 38.3 Å². The molecule has 0 bridgehead atoms. The zero-order valence-electron chi connectivity index (χ0n) is 13.3. The van der Waals surface area contributed by atoms with Gasteiger partial charge in [-0.1, -0.05) is 37.3 Å². The summed E-state index contributed by atoms with van der Waals surface area (Å²) in [6.45, 7) is 5.62. The Morgan fingerprint density at radius 3 is 2.52 bits per heavy atom. The molecule has 116 valence electrons. The molecule has 1 atom stereocenters. The number of carbonyl (C=O) groups is 1. The highest BCUT2D eigenvalue weighted by Gasteiger charge is 2.44. The van der Waals surface area contributed by atoms with Crippen molar-refractivity contribution in [2.75, 3.05) is 26.7 Å². The molecule has 4 nitrogen and oxygen atoms in total. The first-order valence-electron chi connectivity index (χ1n) is 7.82. The molecule has 4 heteroatoms. The monoisotopic (exact) mass is 290 g/mol. The maximum absolute atomic E-state index is 12.7. The molecule has 1 aromatic rings. The molecule has 1 unspecified atom stereocenters. The number of nitrogens with one attached hydrogen (secondary N) is 1. The number of esters is 1. The lowest BCUT2D eigenvalue weighted by Gasteiger charge is -2.36. The van der Waals surface area contributed by atoms with Crippen molar-refractivity contribution < 1.29 is 9.53 Å². The van der Waals surface area contributed by atoms with E-state index in [0.29, 0.717) is 25.7 Å². The van der Waals surface area contributed by atoms with Crippen LogP contribution in [-0.4, -0.2) is 43.7 Å². The van der Waals surface area contributed by atoms with E-state index in [-0.39, 0.29) is 5.97 Å². The lowest BCUT2D eigenvalue weighted by Crippen LogP contribution is -2.56. The molecule has 21 heavy (non-hydrogen) atoms. The summed E-state index contributed by atoms with van der Waals surface area (Å²) in [4.78, 5) is 15.0. The van der Waals surface area contributed by atoms with Gasteiger partial charge >= 0.3 is 5.97 Å². The third-order valence-electron chi connectivity index (χ3n) is 4.03. The van der Waals surface area contributed by atoms with Crippen molar-refractivity contribution in [3.05, 3.63) is 35.9 Å². The molecule has 0 heterocycles. The van der Waals surface area contributed by atoms with Crippen molar-refractivity contribution >= 4 is 5.97 Å². The van der Waals surface area contributed by atoms with Crippen LogP contribution in [0.5, 0.6) is 0 Å². The highest BCUT2D eigenvalue weighted by atomic mass is 16.5. The van der Waals surface area contributed by atoms with E-state index >= 15 is 0 Å². The third-order valence-corrected chi connectivity index (χ3v) is 4.03. The molecule has 2 rings (SSSR count). The summed E-state index contributed by atoms with van der Waals surface area (Å²) in [6, 6.07) is 10.5. The topological polar surface area (TPSA) is 41.6 Å². The minimum absolute atomic E-state index is 0.189. The van der Waals surface area contributed by atoms with Gasteiger partial charge in [0.2, 0.25) is 0 Å². The van der Waals surface area contributed by atoms with Crippen LogP contribution >= 0.6 is 0 Å². The van der Waals surface area contributed by atoms with Gasteiger partial charge in [-0.05, 0) is 38.9 Å². The van der Waals surface area contributed by atoms with Gasteiger partial charge in [0.25, 0.3) is 0 Å². The first-order chi connectivity index (χ1) is 10.1. The Labute approximate surface area is 127 Å². The summed E-state index contributed by atoms with van der Waals surface area (Å²) in [5.41, 5.74) is 0.182. The van der Waals surface area contributed by atoms with Crippen molar-refractivity contribution in [1.29, 1.82) is 0 Å². The molecule has 0 aliphatic heterocycles. The Morgan fingerprint density at radius 2 is 2.00 bits per heavy atom. The van der Waals surface area contributed by atoms with Crippen LogP contribution in [0.4, 0.5) is 0 Å². The zero-order valence-corrected chi connectivity index (χ0v) is 13.3. The van der Waals surface area contributed by atoms with Gasteiger partial charge in [0, 0.05) is 12.6 Å². The molecular weight excluding hydrogens is 264 g/mol. The van der Waals surface area contributed by atoms with Gasteiger partial charge in [-0.2, -0.15) is 0 Å². The van der Waals surface area contributed by atoms with Crippen molar-refractivity contribution in [1.82, 2.24) is 10.2 Å². The largest absolute Gasteiger partial charge is 0.464 e. The molecule has 1 fully saturated rings. The second-order valence-electron chi connectivity index (χ2n) is 5.67. The number of carbonyl (C=O) groups excluding carboxylic acids is 1. The summed E-state index contributed by atoms with van der Waals surface area (Å²) in [7, 11) is 2.09. The van der Waals surface area contributed by atoms with Crippen LogP contribution in [0, 0.1) is 0 Å². The number of likely N-dealkylation sites (N-methyl/N-ethyl adjacent to an activating group) is 2. The molecule has 1 N–H and O–H groups in total. The Balaban J connectivity index is 2.34. The van der Waals surface area contributed by atoms with E-state index in [1.807, 2.05) is 44.2 Å². The quantitative estimate of drug-likeness (QED) is 0.745. The molecule has 1 aromatic carbocycles. The maximum Gasteiger partial charge on any atom is 0.332 e. The predicted molar refractivity (Wildman–Crippen MR) is 84.1 cm³/mol. The normalized spacial score (nSPS) is 17.5. The lowest BCUT2D eigenvalue weighted by atomic mass is 9.88. The maximum atomic E-state index is 12.7. The second kappa shape index (κ2) is 7.05. The van der Waals surface area contributed by atoms with Crippen LogP contribution in [0.1, 0.15) is 32.3 Å². The van der Waals surface area contributed by atoms with Crippen LogP contribution in [0.3, 0.4) is 0 Å². The first kappa shape index (κ1) is 16.0. The molecule has 0 spiro atoms. The number of hydrogen-bond donors (Lipinski definition) is 1. The van der Waals surface area contributed by atoms with Crippen molar-refractivity contribution in [3.63, 3.8) is 0 Å². The highest BCUT2D eigenvalue weighted by molar-refractivity contribution is 5.83. The molecule has 0 radical (unpaired) electrons. The van der Waals surface area contributed by atoms with E-state index < -0.39 is 5.54 Å². The minimum Gasteiger partial charge on any atom is -0.464 e. The van der Waals surface area contributed by atoms with Crippen LogP contribution in [0.25, 0.3) is 0 Å². The van der Waals surface area contributed by atoms with Crippen LogP contribution in [-0.2, 0) is 15.1 Å². The molecule has 0 aromatic heterocycles. The number of nitrogens with zero attached hydrogens (tertiary/aromatic N) is 1. The molecule has 0 saturated heterocycles. The van der Waals surface area contributed by atoms with Gasteiger partial charge in [-0.3, -0.25) is 5.32 Å². The van der Waals surface area contributed by atoms with Crippen molar-refractivity contribution in [2.24, 2.45) is 0 Å². The minimum atomic E-state index is -0.788. The molecule has 1 aliphatic rings. The Hall–Kier alpha value is -1.39. The van der Waals surface area contributed by atoms with E-state index in [1.54, 1.807) is 0 Å². The van der Waals surface area contributed by atoms with E-state index in [4.69, 9.17) is 4.74 Å². The fourth-order valence-corrected chi connectivity index (χ4v) is 2.80. The summed E-state index contributed by atoms with van der Waals surface area (Å²) in [5.74, 6) is -0.189. The molecule has 0 amide bonds. The molecule has 1 saturated carbocycles. The van der Waals surface area contributed by atoms with Gasteiger partial charge in [0.15, 0.2) is 5.54 Å². The Kier molecular flexibility index (Phi) is 5.37. The Morgan fingerprint density at radius 1 is 1.33 bits per heavy atom. The van der Waals surface area contributed by atoms with Gasteiger partial charge in [0.05, 0.1) is 6.61 Å². The summed E-state index contributed by atoms with van der Waals surface area (Å²) >= 11 is 0. The highest BCUT2D eigenvalue weighted by Crippen LogP contribution is 2.31. The van der Waals surface area contributed by atoms with Crippen LogP contribution in [0.2, 0.25) is 0 Å². The predicted octanol–water partition coefficient (Wildman–Crippen LogP) is 2.15.